The maximum atomic E-state index is 11.7. The highest BCUT2D eigenvalue weighted by Gasteiger charge is 2.03. The van der Waals surface area contributed by atoms with E-state index in [4.69, 9.17) is 5.11 Å². The highest BCUT2D eigenvalue weighted by Crippen LogP contribution is 2.11. The molecule has 0 saturated carbocycles. The smallest absolute Gasteiger partial charge is 0.250 e. The number of hydrogen-bond donors (Lipinski definition) is 2. The molecule has 1 rings (SSSR count). The van der Waals surface area contributed by atoms with Crippen molar-refractivity contribution in [3.63, 3.8) is 0 Å². The molecule has 3 nitrogen and oxygen atoms in total. The predicted molar refractivity (Wildman–Crippen MR) is 69.9 cm³/mol. The molecule has 0 spiro atoms. The van der Waals surface area contributed by atoms with Gasteiger partial charge in [0.15, 0.2) is 0 Å². The number of anilines is 1. The maximum Gasteiger partial charge on any atom is 0.250 e. The second-order valence-electron chi connectivity index (χ2n) is 3.92. The molecule has 1 aromatic carbocycles. The van der Waals surface area contributed by atoms with Gasteiger partial charge in [-0.05, 0) is 37.5 Å². The molecule has 0 aliphatic heterocycles. The number of carbonyl (C=O) groups excluding carboxylic acids is 1. The molecule has 0 radical (unpaired) electrons. The number of allylic oxidation sites excluding steroid dienone is 1. The maximum absolute atomic E-state index is 11.7. The van der Waals surface area contributed by atoms with Gasteiger partial charge in [0, 0.05) is 17.9 Å². The van der Waals surface area contributed by atoms with Gasteiger partial charge in [0.2, 0.25) is 0 Å². The lowest BCUT2D eigenvalue weighted by atomic mass is 10.1. The van der Waals surface area contributed by atoms with Gasteiger partial charge in [0.05, 0.1) is 0 Å². The van der Waals surface area contributed by atoms with E-state index in [1.54, 1.807) is 6.92 Å². The summed E-state index contributed by atoms with van der Waals surface area (Å²) in [6.07, 6.45) is 3.40. The average molecular weight is 233 g/mol. The molecule has 0 aliphatic carbocycles. The number of benzene rings is 1. The van der Waals surface area contributed by atoms with E-state index in [9.17, 15) is 4.79 Å². The predicted octanol–water partition coefficient (Wildman–Crippen LogP) is 2.52. The SMILES string of the molecule is CC/C=C(/C)C(=O)Nc1ccc(CCO)cc1. The number of aliphatic hydroxyl groups excluding tert-OH is 1. The minimum absolute atomic E-state index is 0.0678. The van der Waals surface area contributed by atoms with E-state index in [0.717, 1.165) is 23.2 Å². The summed E-state index contributed by atoms with van der Waals surface area (Å²) in [5.41, 5.74) is 2.57. The standard InChI is InChI=1S/C14H19NO2/c1-3-4-11(2)14(17)15-13-7-5-12(6-8-13)9-10-16/h4-8,16H,3,9-10H2,1-2H3,(H,15,17)/b11-4-. The third-order valence-electron chi connectivity index (χ3n) is 2.48. The van der Waals surface area contributed by atoms with E-state index in [-0.39, 0.29) is 12.5 Å². The van der Waals surface area contributed by atoms with Gasteiger partial charge in [-0.15, -0.1) is 0 Å². The first-order valence-corrected chi connectivity index (χ1v) is 5.85. The van der Waals surface area contributed by atoms with Gasteiger partial charge in [-0.2, -0.15) is 0 Å². The van der Waals surface area contributed by atoms with E-state index in [2.05, 4.69) is 5.32 Å². The average Bonchev–Trinajstić information content (AvgIpc) is 2.32. The Morgan fingerprint density at radius 2 is 2.00 bits per heavy atom. The van der Waals surface area contributed by atoms with Crippen molar-refractivity contribution in [1.82, 2.24) is 0 Å². The fourth-order valence-electron chi connectivity index (χ4n) is 1.51. The van der Waals surface area contributed by atoms with Crippen LogP contribution in [0.1, 0.15) is 25.8 Å². The fraction of sp³-hybridized carbons (Fsp3) is 0.357. The highest BCUT2D eigenvalue weighted by molar-refractivity contribution is 6.03. The van der Waals surface area contributed by atoms with Crippen molar-refractivity contribution < 1.29 is 9.90 Å². The molecule has 1 amide bonds. The van der Waals surface area contributed by atoms with Crippen LogP contribution in [0, 0.1) is 0 Å². The van der Waals surface area contributed by atoms with Gasteiger partial charge in [-0.1, -0.05) is 25.1 Å². The quantitative estimate of drug-likeness (QED) is 0.768. The Labute approximate surface area is 102 Å². The summed E-state index contributed by atoms with van der Waals surface area (Å²) in [5, 5.41) is 11.6. The van der Waals surface area contributed by atoms with Crippen LogP contribution < -0.4 is 5.32 Å². The van der Waals surface area contributed by atoms with Crippen LogP contribution in [0.4, 0.5) is 5.69 Å². The first-order chi connectivity index (χ1) is 8.17. The van der Waals surface area contributed by atoms with Crippen LogP contribution in [0.5, 0.6) is 0 Å². The molecule has 0 saturated heterocycles. The molecule has 17 heavy (non-hydrogen) atoms. The Hall–Kier alpha value is -1.61. The van der Waals surface area contributed by atoms with Crippen molar-refractivity contribution in [3.8, 4) is 0 Å². The Balaban J connectivity index is 2.63. The Bertz CT molecular complexity index is 393. The monoisotopic (exact) mass is 233 g/mol. The topological polar surface area (TPSA) is 49.3 Å². The number of carbonyl (C=O) groups is 1. The molecule has 0 aromatic heterocycles. The van der Waals surface area contributed by atoms with E-state index in [0.29, 0.717) is 6.42 Å². The van der Waals surface area contributed by atoms with E-state index in [1.807, 2.05) is 37.3 Å². The van der Waals surface area contributed by atoms with Crippen LogP contribution in [0.2, 0.25) is 0 Å². The zero-order valence-corrected chi connectivity index (χ0v) is 10.4. The minimum atomic E-state index is -0.0678. The lowest BCUT2D eigenvalue weighted by Gasteiger charge is -2.06. The summed E-state index contributed by atoms with van der Waals surface area (Å²) in [7, 11) is 0. The van der Waals surface area contributed by atoms with Gasteiger partial charge in [0.1, 0.15) is 0 Å². The largest absolute Gasteiger partial charge is 0.396 e. The normalized spacial score (nSPS) is 11.4. The zero-order valence-electron chi connectivity index (χ0n) is 10.4. The molecule has 0 fully saturated rings. The molecular weight excluding hydrogens is 214 g/mol. The van der Waals surface area contributed by atoms with Crippen LogP contribution in [0.15, 0.2) is 35.9 Å². The van der Waals surface area contributed by atoms with Crippen molar-refractivity contribution in [3.05, 3.63) is 41.5 Å². The van der Waals surface area contributed by atoms with E-state index >= 15 is 0 Å². The number of rotatable bonds is 5. The van der Waals surface area contributed by atoms with Crippen LogP contribution in [-0.4, -0.2) is 17.6 Å². The molecule has 0 atom stereocenters. The van der Waals surface area contributed by atoms with E-state index < -0.39 is 0 Å². The molecule has 2 N–H and O–H groups in total. The molecule has 0 bridgehead atoms. The highest BCUT2D eigenvalue weighted by atomic mass is 16.2. The minimum Gasteiger partial charge on any atom is -0.396 e. The van der Waals surface area contributed by atoms with Crippen LogP contribution >= 0.6 is 0 Å². The zero-order chi connectivity index (χ0) is 12.7. The Kier molecular flexibility index (Phi) is 5.43. The Morgan fingerprint density at radius 1 is 1.35 bits per heavy atom. The van der Waals surface area contributed by atoms with Gasteiger partial charge in [-0.3, -0.25) is 4.79 Å². The number of hydrogen-bond acceptors (Lipinski definition) is 2. The molecule has 0 aliphatic rings. The van der Waals surface area contributed by atoms with Crippen molar-refractivity contribution >= 4 is 11.6 Å². The first kappa shape index (κ1) is 13.5. The van der Waals surface area contributed by atoms with Crippen molar-refractivity contribution in [2.45, 2.75) is 26.7 Å². The molecular formula is C14H19NO2. The van der Waals surface area contributed by atoms with Crippen LogP contribution in [0.3, 0.4) is 0 Å². The lowest BCUT2D eigenvalue weighted by molar-refractivity contribution is -0.112. The van der Waals surface area contributed by atoms with Gasteiger partial charge in [-0.25, -0.2) is 0 Å². The molecule has 0 heterocycles. The van der Waals surface area contributed by atoms with Gasteiger partial charge in [0.25, 0.3) is 5.91 Å². The lowest BCUT2D eigenvalue weighted by Crippen LogP contribution is -2.12. The van der Waals surface area contributed by atoms with Crippen molar-refractivity contribution in [1.29, 1.82) is 0 Å². The summed E-state index contributed by atoms with van der Waals surface area (Å²) in [6, 6.07) is 7.51. The van der Waals surface area contributed by atoms with Gasteiger partial charge >= 0.3 is 0 Å². The summed E-state index contributed by atoms with van der Waals surface area (Å²) in [6.45, 7) is 3.95. The first-order valence-electron chi connectivity index (χ1n) is 5.85. The van der Waals surface area contributed by atoms with E-state index in [1.165, 1.54) is 0 Å². The number of amides is 1. The molecule has 1 aromatic rings. The van der Waals surface area contributed by atoms with Crippen LogP contribution in [0.25, 0.3) is 0 Å². The molecule has 3 heteroatoms. The third kappa shape index (κ3) is 4.41. The summed E-state index contributed by atoms with van der Waals surface area (Å²) in [4.78, 5) is 11.7. The summed E-state index contributed by atoms with van der Waals surface area (Å²) in [5.74, 6) is -0.0678. The third-order valence-corrected chi connectivity index (χ3v) is 2.48. The summed E-state index contributed by atoms with van der Waals surface area (Å²) < 4.78 is 0. The number of aliphatic hydroxyl groups is 1. The van der Waals surface area contributed by atoms with Crippen LogP contribution in [-0.2, 0) is 11.2 Å². The molecule has 92 valence electrons. The molecule has 0 unspecified atom stereocenters. The second-order valence-corrected chi connectivity index (χ2v) is 3.92. The van der Waals surface area contributed by atoms with Crippen molar-refractivity contribution in [2.75, 3.05) is 11.9 Å². The van der Waals surface area contributed by atoms with Gasteiger partial charge < -0.3 is 10.4 Å². The fourth-order valence-corrected chi connectivity index (χ4v) is 1.51. The summed E-state index contributed by atoms with van der Waals surface area (Å²) >= 11 is 0. The Morgan fingerprint density at radius 3 is 2.53 bits per heavy atom. The van der Waals surface area contributed by atoms with Crippen molar-refractivity contribution in [2.24, 2.45) is 0 Å². The number of nitrogens with one attached hydrogen (secondary N) is 1. The second kappa shape index (κ2) is 6.86.